The fourth-order valence-electron chi connectivity index (χ4n) is 1.45. The number of hydrogen-bond acceptors (Lipinski definition) is 4. The van der Waals surface area contributed by atoms with Gasteiger partial charge in [0, 0.05) is 0 Å². The highest BCUT2D eigenvalue weighted by Crippen LogP contribution is 2.29. The molecule has 4 nitrogen and oxygen atoms in total. The largest absolute Gasteiger partial charge is 0.302 e. The second-order valence-corrected chi connectivity index (χ2v) is 4.72. The van der Waals surface area contributed by atoms with Gasteiger partial charge < -0.3 is 4.79 Å². The van der Waals surface area contributed by atoms with Crippen molar-refractivity contribution in [1.82, 2.24) is 4.31 Å². The second-order valence-electron chi connectivity index (χ2n) is 3.40. The minimum Gasteiger partial charge on any atom is -0.302 e. The smallest absolute Gasteiger partial charge is 0.271 e. The summed E-state index contributed by atoms with van der Waals surface area (Å²) < 4.78 is 1.05. The lowest BCUT2D eigenvalue weighted by atomic mass is 10.1. The zero-order valence-electron chi connectivity index (χ0n) is 8.54. The number of nitrogens with zero attached hydrogens (tertiary/aromatic N) is 1. The highest BCUT2D eigenvalue weighted by atomic mass is 32.2. The third kappa shape index (κ3) is 1.63. The zero-order chi connectivity index (χ0) is 11.7. The van der Waals surface area contributed by atoms with E-state index >= 15 is 0 Å². The van der Waals surface area contributed by atoms with Crippen LogP contribution in [-0.2, 0) is 4.79 Å². The molecular weight excluding hydrogens is 226 g/mol. The molecule has 82 valence electrons. The molecule has 0 radical (unpaired) electrons. The number of imide groups is 1. The zero-order valence-corrected chi connectivity index (χ0v) is 9.36. The van der Waals surface area contributed by atoms with Crippen LogP contribution < -0.4 is 0 Å². The van der Waals surface area contributed by atoms with Crippen molar-refractivity contribution < 1.29 is 14.4 Å². The summed E-state index contributed by atoms with van der Waals surface area (Å²) in [5, 5.41) is -0.415. The lowest BCUT2D eigenvalue weighted by Gasteiger charge is -2.13. The summed E-state index contributed by atoms with van der Waals surface area (Å²) in [6, 6.07) is 6.64. The molecule has 2 rings (SSSR count). The van der Waals surface area contributed by atoms with Crippen molar-refractivity contribution in [3.8, 4) is 0 Å². The summed E-state index contributed by atoms with van der Waals surface area (Å²) in [5.74, 6) is -0.696. The number of rotatable bonds is 3. The molecule has 0 aliphatic carbocycles. The van der Waals surface area contributed by atoms with E-state index in [1.165, 1.54) is 0 Å². The maximum Gasteiger partial charge on any atom is 0.271 e. The fourth-order valence-corrected chi connectivity index (χ4v) is 2.22. The molecule has 1 aliphatic heterocycles. The van der Waals surface area contributed by atoms with Crippen LogP contribution in [0.4, 0.5) is 0 Å². The lowest BCUT2D eigenvalue weighted by molar-refractivity contribution is -0.107. The molecule has 2 amide bonds. The predicted octanol–water partition coefficient (Wildman–Crippen LogP) is 1.52. The Morgan fingerprint density at radius 2 is 1.69 bits per heavy atom. The number of hydrogen-bond donors (Lipinski definition) is 0. The maximum absolute atomic E-state index is 11.8. The Morgan fingerprint density at radius 1 is 1.19 bits per heavy atom. The van der Waals surface area contributed by atoms with Crippen LogP contribution in [0.3, 0.4) is 0 Å². The normalized spacial score (nSPS) is 16.2. The van der Waals surface area contributed by atoms with E-state index in [1.54, 1.807) is 31.2 Å². The molecule has 0 bridgehead atoms. The predicted molar refractivity (Wildman–Crippen MR) is 60.1 cm³/mol. The average Bonchev–Trinajstić information content (AvgIpc) is 2.55. The van der Waals surface area contributed by atoms with Crippen LogP contribution in [0.25, 0.3) is 0 Å². The molecule has 0 saturated carbocycles. The number of benzene rings is 1. The van der Waals surface area contributed by atoms with Gasteiger partial charge in [0.2, 0.25) is 0 Å². The number of amides is 2. The molecule has 0 aromatic heterocycles. The van der Waals surface area contributed by atoms with Crippen LogP contribution in [-0.4, -0.2) is 27.7 Å². The van der Waals surface area contributed by atoms with Crippen molar-refractivity contribution in [3.63, 3.8) is 0 Å². The minimum atomic E-state index is -0.415. The summed E-state index contributed by atoms with van der Waals surface area (Å²) >= 11 is 0.946. The number of fused-ring (bicyclic) bond motifs is 1. The Bertz CT molecular complexity index is 437. The topological polar surface area (TPSA) is 54.5 Å². The van der Waals surface area contributed by atoms with Gasteiger partial charge in [0.1, 0.15) is 6.29 Å². The number of carbonyl (C=O) groups excluding carboxylic acids is 3. The van der Waals surface area contributed by atoms with Crippen LogP contribution >= 0.6 is 11.9 Å². The molecule has 0 N–H and O–H groups in total. The van der Waals surface area contributed by atoms with Gasteiger partial charge in [-0.25, -0.2) is 4.31 Å². The van der Waals surface area contributed by atoms with Gasteiger partial charge in [-0.15, -0.1) is 0 Å². The van der Waals surface area contributed by atoms with Crippen LogP contribution in [0.5, 0.6) is 0 Å². The van der Waals surface area contributed by atoms with Gasteiger partial charge >= 0.3 is 0 Å². The quantitative estimate of drug-likeness (QED) is 0.453. The van der Waals surface area contributed by atoms with Crippen molar-refractivity contribution in [2.24, 2.45) is 0 Å². The SMILES string of the molecule is CC(C=O)SN1C(=O)c2ccccc2C1=O. The molecule has 0 fully saturated rings. The Morgan fingerprint density at radius 3 is 2.12 bits per heavy atom. The third-order valence-corrected chi connectivity index (χ3v) is 3.21. The van der Waals surface area contributed by atoms with Crippen molar-refractivity contribution in [1.29, 1.82) is 0 Å². The monoisotopic (exact) mass is 235 g/mol. The molecule has 0 saturated heterocycles. The molecule has 1 aliphatic rings. The molecule has 5 heteroatoms. The van der Waals surface area contributed by atoms with Crippen LogP contribution in [0.2, 0.25) is 0 Å². The Balaban J connectivity index is 2.31. The Kier molecular flexibility index (Phi) is 2.78. The van der Waals surface area contributed by atoms with E-state index in [0.29, 0.717) is 17.4 Å². The van der Waals surface area contributed by atoms with E-state index in [2.05, 4.69) is 0 Å². The molecule has 1 atom stereocenters. The number of carbonyl (C=O) groups is 3. The van der Waals surface area contributed by atoms with Gasteiger partial charge in [-0.1, -0.05) is 12.1 Å². The van der Waals surface area contributed by atoms with E-state index in [9.17, 15) is 14.4 Å². The summed E-state index contributed by atoms with van der Waals surface area (Å²) in [6.45, 7) is 1.64. The number of aldehydes is 1. The van der Waals surface area contributed by atoms with Crippen molar-refractivity contribution in [2.75, 3.05) is 0 Å². The van der Waals surface area contributed by atoms with E-state index in [4.69, 9.17) is 0 Å². The van der Waals surface area contributed by atoms with Crippen molar-refractivity contribution >= 4 is 30.0 Å². The first-order chi connectivity index (χ1) is 7.65. The van der Waals surface area contributed by atoms with Gasteiger partial charge in [0.25, 0.3) is 11.8 Å². The first-order valence-electron chi connectivity index (χ1n) is 4.75. The molecule has 1 heterocycles. The van der Waals surface area contributed by atoms with Gasteiger partial charge in [-0.2, -0.15) is 0 Å². The van der Waals surface area contributed by atoms with Gasteiger partial charge in [0.05, 0.1) is 16.4 Å². The van der Waals surface area contributed by atoms with Crippen molar-refractivity contribution in [3.05, 3.63) is 35.4 Å². The molecular formula is C11H9NO3S. The molecule has 1 unspecified atom stereocenters. The van der Waals surface area contributed by atoms with Crippen LogP contribution in [0.15, 0.2) is 24.3 Å². The van der Waals surface area contributed by atoms with Gasteiger partial charge in [-0.05, 0) is 31.0 Å². The molecule has 0 spiro atoms. The molecule has 1 aromatic carbocycles. The van der Waals surface area contributed by atoms with Crippen LogP contribution in [0.1, 0.15) is 27.6 Å². The van der Waals surface area contributed by atoms with E-state index in [-0.39, 0.29) is 11.8 Å². The summed E-state index contributed by atoms with van der Waals surface area (Å²) in [7, 11) is 0. The maximum atomic E-state index is 11.8. The first kappa shape index (κ1) is 10.9. The molecule has 16 heavy (non-hydrogen) atoms. The summed E-state index contributed by atoms with van der Waals surface area (Å²) in [5.41, 5.74) is 0.802. The van der Waals surface area contributed by atoms with Gasteiger partial charge in [0.15, 0.2) is 0 Å². The van der Waals surface area contributed by atoms with E-state index in [0.717, 1.165) is 16.3 Å². The highest BCUT2D eigenvalue weighted by Gasteiger charge is 2.36. The lowest BCUT2D eigenvalue weighted by Crippen LogP contribution is -2.25. The summed E-state index contributed by atoms with van der Waals surface area (Å²) in [6.07, 6.45) is 0.703. The Hall–Kier alpha value is -1.62. The van der Waals surface area contributed by atoms with E-state index < -0.39 is 5.25 Å². The first-order valence-corrected chi connectivity index (χ1v) is 5.58. The third-order valence-electron chi connectivity index (χ3n) is 2.22. The van der Waals surface area contributed by atoms with Crippen LogP contribution in [0, 0.1) is 0 Å². The minimum absolute atomic E-state index is 0.348. The van der Waals surface area contributed by atoms with Gasteiger partial charge in [-0.3, -0.25) is 9.59 Å². The second kappa shape index (κ2) is 4.09. The molecule has 1 aromatic rings. The standard InChI is InChI=1S/C11H9NO3S/c1-7(6-13)16-12-10(14)8-4-2-3-5-9(8)11(12)15/h2-7H,1H3. The van der Waals surface area contributed by atoms with Crippen molar-refractivity contribution in [2.45, 2.75) is 12.2 Å². The Labute approximate surface area is 96.8 Å². The summed E-state index contributed by atoms with van der Waals surface area (Å²) in [4.78, 5) is 34.2. The fraction of sp³-hybridized carbons (Fsp3) is 0.182. The highest BCUT2D eigenvalue weighted by molar-refractivity contribution is 7.99. The average molecular weight is 235 g/mol. The van der Waals surface area contributed by atoms with E-state index in [1.807, 2.05) is 0 Å².